The lowest BCUT2D eigenvalue weighted by Gasteiger charge is -2.28. The molecule has 7 nitrogen and oxygen atoms in total. The number of nitrogens with zero attached hydrogens (tertiary/aromatic N) is 1. The van der Waals surface area contributed by atoms with Gasteiger partial charge >= 0.3 is 12.1 Å². The number of hydrogen-bond donors (Lipinski definition) is 1. The van der Waals surface area contributed by atoms with Crippen LogP contribution in [0.1, 0.15) is 46.5 Å². The SMILES string of the molecule is COC(=O)[C@@H]1C2CCCCC2CN1C(=O)CNC(=O)OC(C)(C)C. The quantitative estimate of drug-likeness (QED) is 0.791. The molecule has 1 aliphatic heterocycles. The molecule has 1 heterocycles. The molecule has 2 rings (SSSR count). The lowest BCUT2D eigenvalue weighted by molar-refractivity contribution is -0.152. The molecule has 2 aliphatic rings. The molecule has 0 aromatic heterocycles. The first-order valence-corrected chi connectivity index (χ1v) is 8.57. The fourth-order valence-corrected chi connectivity index (χ4v) is 3.72. The summed E-state index contributed by atoms with van der Waals surface area (Å²) in [6.45, 7) is 5.65. The van der Waals surface area contributed by atoms with E-state index in [4.69, 9.17) is 9.47 Å². The number of hydrogen-bond acceptors (Lipinski definition) is 5. The van der Waals surface area contributed by atoms with E-state index < -0.39 is 17.7 Å². The van der Waals surface area contributed by atoms with Gasteiger partial charge in [0.25, 0.3) is 0 Å². The van der Waals surface area contributed by atoms with Crippen molar-refractivity contribution < 1.29 is 23.9 Å². The number of esters is 1. The molecule has 0 spiro atoms. The van der Waals surface area contributed by atoms with Crippen LogP contribution in [0.3, 0.4) is 0 Å². The second-order valence-electron chi connectivity index (χ2n) is 7.58. The third kappa shape index (κ3) is 4.39. The first-order valence-electron chi connectivity index (χ1n) is 8.57. The number of amides is 2. The summed E-state index contributed by atoms with van der Waals surface area (Å²) in [6, 6.07) is -0.534. The summed E-state index contributed by atoms with van der Waals surface area (Å²) in [5, 5.41) is 2.47. The molecular formula is C17H28N2O5. The molecule has 0 aromatic carbocycles. The number of carbonyl (C=O) groups is 3. The maximum absolute atomic E-state index is 12.5. The summed E-state index contributed by atoms with van der Waals surface area (Å²) in [4.78, 5) is 38.0. The van der Waals surface area contributed by atoms with Gasteiger partial charge in [0, 0.05) is 6.54 Å². The highest BCUT2D eigenvalue weighted by Crippen LogP contribution is 2.40. The number of likely N-dealkylation sites (tertiary alicyclic amines) is 1. The van der Waals surface area contributed by atoms with E-state index in [1.807, 2.05) is 0 Å². The molecule has 1 saturated heterocycles. The van der Waals surface area contributed by atoms with E-state index in [-0.39, 0.29) is 24.3 Å². The fraction of sp³-hybridized carbons (Fsp3) is 0.824. The van der Waals surface area contributed by atoms with Gasteiger partial charge in [-0.05, 0) is 45.4 Å². The van der Waals surface area contributed by atoms with Crippen LogP contribution >= 0.6 is 0 Å². The summed E-state index contributed by atoms with van der Waals surface area (Å²) in [6.07, 6.45) is 3.54. The average Bonchev–Trinajstić information content (AvgIpc) is 2.89. The Morgan fingerprint density at radius 2 is 1.83 bits per heavy atom. The average molecular weight is 340 g/mol. The lowest BCUT2D eigenvalue weighted by Crippen LogP contribution is -2.48. The Morgan fingerprint density at radius 1 is 1.17 bits per heavy atom. The van der Waals surface area contributed by atoms with Gasteiger partial charge in [0.1, 0.15) is 18.2 Å². The molecule has 0 aromatic rings. The van der Waals surface area contributed by atoms with Crippen LogP contribution < -0.4 is 5.32 Å². The Morgan fingerprint density at radius 3 is 2.46 bits per heavy atom. The number of fused-ring (bicyclic) bond motifs is 1. The summed E-state index contributed by atoms with van der Waals surface area (Å²) < 4.78 is 10.0. The van der Waals surface area contributed by atoms with Crippen LogP contribution in [0.2, 0.25) is 0 Å². The number of carbonyl (C=O) groups excluding carboxylic acids is 3. The van der Waals surface area contributed by atoms with Crippen LogP contribution in [0.15, 0.2) is 0 Å². The minimum absolute atomic E-state index is 0.164. The van der Waals surface area contributed by atoms with Gasteiger partial charge in [0.05, 0.1) is 7.11 Å². The van der Waals surface area contributed by atoms with Crippen LogP contribution in [0.5, 0.6) is 0 Å². The zero-order valence-corrected chi connectivity index (χ0v) is 15.0. The normalized spacial score (nSPS) is 26.5. The van der Waals surface area contributed by atoms with Crippen LogP contribution in [-0.4, -0.2) is 54.7 Å². The van der Waals surface area contributed by atoms with E-state index in [0.717, 1.165) is 25.7 Å². The number of methoxy groups -OCH3 is 1. The van der Waals surface area contributed by atoms with Crippen molar-refractivity contribution in [1.29, 1.82) is 0 Å². The Labute approximate surface area is 143 Å². The maximum atomic E-state index is 12.5. The number of ether oxygens (including phenoxy) is 2. The molecule has 0 radical (unpaired) electrons. The molecule has 1 N–H and O–H groups in total. The van der Waals surface area contributed by atoms with Gasteiger partial charge in [-0.3, -0.25) is 4.79 Å². The molecular weight excluding hydrogens is 312 g/mol. The summed E-state index contributed by atoms with van der Waals surface area (Å²) in [7, 11) is 1.35. The van der Waals surface area contributed by atoms with Gasteiger partial charge in [0.2, 0.25) is 5.91 Å². The van der Waals surface area contributed by atoms with Crippen molar-refractivity contribution in [3.63, 3.8) is 0 Å². The van der Waals surface area contributed by atoms with Crippen LogP contribution in [-0.2, 0) is 19.1 Å². The van der Waals surface area contributed by atoms with E-state index in [9.17, 15) is 14.4 Å². The lowest BCUT2D eigenvalue weighted by atomic mass is 9.78. The van der Waals surface area contributed by atoms with Gasteiger partial charge in [-0.2, -0.15) is 0 Å². The van der Waals surface area contributed by atoms with Gasteiger partial charge in [-0.25, -0.2) is 9.59 Å². The fourth-order valence-electron chi connectivity index (χ4n) is 3.72. The van der Waals surface area contributed by atoms with E-state index in [1.54, 1.807) is 25.7 Å². The van der Waals surface area contributed by atoms with Crippen molar-refractivity contribution in [3.05, 3.63) is 0 Å². The highest BCUT2D eigenvalue weighted by atomic mass is 16.6. The zero-order chi connectivity index (χ0) is 17.9. The van der Waals surface area contributed by atoms with Crippen molar-refractivity contribution >= 4 is 18.0 Å². The van der Waals surface area contributed by atoms with Crippen LogP contribution in [0.25, 0.3) is 0 Å². The van der Waals surface area contributed by atoms with Crippen LogP contribution in [0.4, 0.5) is 4.79 Å². The molecule has 0 bridgehead atoms. The van der Waals surface area contributed by atoms with Crippen molar-refractivity contribution in [2.75, 3.05) is 20.2 Å². The van der Waals surface area contributed by atoms with E-state index in [2.05, 4.69) is 5.32 Å². The van der Waals surface area contributed by atoms with Crippen molar-refractivity contribution in [2.45, 2.75) is 58.1 Å². The summed E-state index contributed by atoms with van der Waals surface area (Å²) in [5.74, 6) is -0.134. The highest BCUT2D eigenvalue weighted by Gasteiger charge is 2.48. The number of alkyl carbamates (subject to hydrolysis) is 1. The standard InChI is InChI=1S/C17H28N2O5/c1-17(2,3)24-16(22)18-9-13(20)19-10-11-7-5-6-8-12(11)14(19)15(21)23-4/h11-12,14H,5-10H2,1-4H3,(H,18,22)/t11?,12?,14-/m0/s1. The third-order valence-electron chi connectivity index (χ3n) is 4.69. The predicted octanol–water partition coefficient (Wildman–Crippen LogP) is 1.70. The molecule has 1 saturated carbocycles. The monoisotopic (exact) mass is 340 g/mol. The van der Waals surface area contributed by atoms with Crippen molar-refractivity contribution in [1.82, 2.24) is 10.2 Å². The van der Waals surface area contributed by atoms with Crippen molar-refractivity contribution in [2.24, 2.45) is 11.8 Å². The second kappa shape index (κ2) is 7.40. The summed E-state index contributed by atoms with van der Waals surface area (Å²) >= 11 is 0. The Balaban J connectivity index is 1.98. The van der Waals surface area contributed by atoms with Crippen molar-refractivity contribution in [3.8, 4) is 0 Å². The van der Waals surface area contributed by atoms with Gasteiger partial charge in [-0.15, -0.1) is 0 Å². The van der Waals surface area contributed by atoms with Crippen LogP contribution in [0, 0.1) is 11.8 Å². The first kappa shape index (κ1) is 18.5. The third-order valence-corrected chi connectivity index (χ3v) is 4.69. The Bertz CT molecular complexity index is 500. The smallest absolute Gasteiger partial charge is 0.408 e. The van der Waals surface area contributed by atoms with E-state index in [1.165, 1.54) is 7.11 Å². The molecule has 2 fully saturated rings. The number of rotatable bonds is 3. The largest absolute Gasteiger partial charge is 0.467 e. The molecule has 2 unspecified atom stereocenters. The molecule has 136 valence electrons. The van der Waals surface area contributed by atoms with Gasteiger partial charge in [-0.1, -0.05) is 12.8 Å². The zero-order valence-electron chi connectivity index (χ0n) is 15.0. The predicted molar refractivity (Wildman–Crippen MR) is 87.2 cm³/mol. The minimum Gasteiger partial charge on any atom is -0.467 e. The topological polar surface area (TPSA) is 84.9 Å². The van der Waals surface area contributed by atoms with E-state index in [0.29, 0.717) is 12.5 Å². The highest BCUT2D eigenvalue weighted by molar-refractivity contribution is 5.88. The first-order chi connectivity index (χ1) is 11.2. The Kier molecular flexibility index (Phi) is 5.72. The molecule has 7 heteroatoms. The molecule has 3 atom stereocenters. The maximum Gasteiger partial charge on any atom is 0.408 e. The second-order valence-corrected chi connectivity index (χ2v) is 7.58. The number of nitrogens with one attached hydrogen (secondary N) is 1. The van der Waals surface area contributed by atoms with Gasteiger partial charge < -0.3 is 19.7 Å². The molecule has 2 amide bonds. The minimum atomic E-state index is -0.637. The van der Waals surface area contributed by atoms with Gasteiger partial charge in [0.15, 0.2) is 0 Å². The molecule has 24 heavy (non-hydrogen) atoms. The summed E-state index contributed by atoms with van der Waals surface area (Å²) in [5.41, 5.74) is -0.621. The Hall–Kier alpha value is -1.79. The van der Waals surface area contributed by atoms with E-state index >= 15 is 0 Å². The molecule has 1 aliphatic carbocycles.